The Morgan fingerprint density at radius 2 is 2.05 bits per heavy atom. The smallest absolute Gasteiger partial charge is 0.338 e. The van der Waals surface area contributed by atoms with Crippen LogP contribution in [0.25, 0.3) is 0 Å². The zero-order valence-electron chi connectivity index (χ0n) is 10.8. The highest BCUT2D eigenvalue weighted by atomic mass is 32.1. The summed E-state index contributed by atoms with van der Waals surface area (Å²) in [7, 11) is 0. The van der Waals surface area contributed by atoms with Gasteiger partial charge in [-0.05, 0) is 25.3 Å². The van der Waals surface area contributed by atoms with Crippen molar-refractivity contribution in [2.45, 2.75) is 26.1 Å². The van der Waals surface area contributed by atoms with Gasteiger partial charge in [0.2, 0.25) is 0 Å². The largest absolute Gasteiger partial charge is 0.478 e. The molecule has 19 heavy (non-hydrogen) atoms. The number of amides is 2. The number of carboxylic acid groups (broad SMARTS) is 1. The van der Waals surface area contributed by atoms with Gasteiger partial charge in [-0.2, -0.15) is 0 Å². The van der Waals surface area contributed by atoms with Crippen molar-refractivity contribution in [2.24, 2.45) is 0 Å². The molecule has 6 nitrogen and oxygen atoms in total. The number of hydrogen-bond acceptors (Lipinski definition) is 4. The molecule has 2 atom stereocenters. The van der Waals surface area contributed by atoms with E-state index < -0.39 is 5.97 Å². The van der Waals surface area contributed by atoms with E-state index in [9.17, 15) is 9.59 Å². The SMILES string of the molecule is CC1CN(C(=O)Nc2sccc2C(=O)O)CC(C)O1. The van der Waals surface area contributed by atoms with Crippen molar-refractivity contribution in [1.82, 2.24) is 4.90 Å². The van der Waals surface area contributed by atoms with Gasteiger partial charge in [-0.3, -0.25) is 5.32 Å². The van der Waals surface area contributed by atoms with Crippen molar-refractivity contribution < 1.29 is 19.4 Å². The van der Waals surface area contributed by atoms with Gasteiger partial charge in [-0.15, -0.1) is 11.3 Å². The topological polar surface area (TPSA) is 78.9 Å². The summed E-state index contributed by atoms with van der Waals surface area (Å²) >= 11 is 1.20. The van der Waals surface area contributed by atoms with Crippen molar-refractivity contribution in [3.8, 4) is 0 Å². The van der Waals surface area contributed by atoms with E-state index in [1.807, 2.05) is 13.8 Å². The zero-order valence-corrected chi connectivity index (χ0v) is 11.6. The van der Waals surface area contributed by atoms with Crippen molar-refractivity contribution >= 4 is 28.3 Å². The number of carbonyl (C=O) groups excluding carboxylic acids is 1. The molecule has 0 radical (unpaired) electrons. The Morgan fingerprint density at radius 3 is 2.63 bits per heavy atom. The van der Waals surface area contributed by atoms with Gasteiger partial charge in [-0.25, -0.2) is 9.59 Å². The van der Waals surface area contributed by atoms with Gasteiger partial charge in [0.1, 0.15) is 5.00 Å². The normalized spacial score (nSPS) is 23.2. The molecular weight excluding hydrogens is 268 g/mol. The molecule has 2 N–H and O–H groups in total. The quantitative estimate of drug-likeness (QED) is 0.871. The molecule has 0 aliphatic carbocycles. The van der Waals surface area contributed by atoms with Crippen LogP contribution in [-0.4, -0.2) is 47.3 Å². The monoisotopic (exact) mass is 284 g/mol. The molecule has 2 unspecified atom stereocenters. The van der Waals surface area contributed by atoms with E-state index in [0.29, 0.717) is 18.1 Å². The summed E-state index contributed by atoms with van der Waals surface area (Å²) in [5.74, 6) is -1.04. The highest BCUT2D eigenvalue weighted by Gasteiger charge is 2.26. The van der Waals surface area contributed by atoms with Crippen LogP contribution in [0.5, 0.6) is 0 Å². The number of thiophene rings is 1. The predicted molar refractivity (Wildman–Crippen MR) is 71.9 cm³/mol. The van der Waals surface area contributed by atoms with E-state index in [2.05, 4.69) is 5.32 Å². The number of rotatable bonds is 2. The molecule has 7 heteroatoms. The Morgan fingerprint density at radius 1 is 1.42 bits per heavy atom. The molecule has 1 aromatic heterocycles. The van der Waals surface area contributed by atoms with Gasteiger partial charge >= 0.3 is 12.0 Å². The molecule has 0 saturated carbocycles. The molecule has 2 heterocycles. The third kappa shape index (κ3) is 3.24. The van der Waals surface area contributed by atoms with Crippen LogP contribution in [0.3, 0.4) is 0 Å². The van der Waals surface area contributed by atoms with Crippen LogP contribution < -0.4 is 5.32 Å². The van der Waals surface area contributed by atoms with Crippen LogP contribution in [-0.2, 0) is 4.74 Å². The lowest BCUT2D eigenvalue weighted by Crippen LogP contribution is -2.49. The lowest BCUT2D eigenvalue weighted by molar-refractivity contribution is -0.0530. The number of nitrogens with one attached hydrogen (secondary N) is 1. The van der Waals surface area contributed by atoms with Crippen LogP contribution in [0.1, 0.15) is 24.2 Å². The number of anilines is 1. The average Bonchev–Trinajstić information content (AvgIpc) is 2.75. The van der Waals surface area contributed by atoms with Gasteiger partial charge in [0.25, 0.3) is 0 Å². The van der Waals surface area contributed by atoms with Gasteiger partial charge in [0, 0.05) is 13.1 Å². The summed E-state index contributed by atoms with van der Waals surface area (Å²) in [6.07, 6.45) is -0.0337. The first-order chi connectivity index (χ1) is 8.97. The molecule has 1 fully saturated rings. The minimum absolute atomic E-state index is 0.0169. The van der Waals surface area contributed by atoms with E-state index >= 15 is 0 Å². The van der Waals surface area contributed by atoms with Crippen molar-refractivity contribution in [3.63, 3.8) is 0 Å². The molecular formula is C12H16N2O4S. The average molecular weight is 284 g/mol. The number of hydrogen-bond donors (Lipinski definition) is 2. The number of aromatic carboxylic acids is 1. The summed E-state index contributed by atoms with van der Waals surface area (Å²) < 4.78 is 5.55. The first-order valence-electron chi connectivity index (χ1n) is 5.99. The maximum atomic E-state index is 12.1. The van der Waals surface area contributed by atoms with Crippen molar-refractivity contribution in [3.05, 3.63) is 17.0 Å². The predicted octanol–water partition coefficient (Wildman–Crippen LogP) is 2.09. The Kier molecular flexibility index (Phi) is 4.06. The fourth-order valence-electron chi connectivity index (χ4n) is 2.09. The molecule has 0 spiro atoms. The minimum Gasteiger partial charge on any atom is -0.478 e. The zero-order chi connectivity index (χ0) is 14.0. The Labute approximate surface area is 115 Å². The number of nitrogens with zero attached hydrogens (tertiary/aromatic N) is 1. The number of morpholine rings is 1. The summed E-state index contributed by atoms with van der Waals surface area (Å²) in [6.45, 7) is 4.82. The number of carbonyl (C=O) groups is 2. The molecule has 2 rings (SSSR count). The maximum Gasteiger partial charge on any atom is 0.338 e. The van der Waals surface area contributed by atoms with E-state index in [-0.39, 0.29) is 23.8 Å². The molecule has 1 aromatic rings. The summed E-state index contributed by atoms with van der Waals surface area (Å²) in [4.78, 5) is 24.7. The maximum absolute atomic E-state index is 12.1. The highest BCUT2D eigenvalue weighted by molar-refractivity contribution is 7.14. The second kappa shape index (κ2) is 5.58. The fraction of sp³-hybridized carbons (Fsp3) is 0.500. The molecule has 1 aliphatic rings. The fourth-order valence-corrected chi connectivity index (χ4v) is 2.86. The molecule has 0 aromatic carbocycles. The van der Waals surface area contributed by atoms with Crippen LogP contribution in [0.4, 0.5) is 9.80 Å². The van der Waals surface area contributed by atoms with Crippen LogP contribution >= 0.6 is 11.3 Å². The minimum atomic E-state index is -1.04. The third-order valence-electron chi connectivity index (χ3n) is 2.82. The lowest BCUT2D eigenvalue weighted by Gasteiger charge is -2.35. The second-order valence-electron chi connectivity index (χ2n) is 4.56. The Bertz CT molecular complexity index is 478. The van der Waals surface area contributed by atoms with Crippen LogP contribution in [0, 0.1) is 0 Å². The van der Waals surface area contributed by atoms with Gasteiger partial charge < -0.3 is 14.7 Å². The first kappa shape index (κ1) is 13.8. The molecule has 0 bridgehead atoms. The Balaban J connectivity index is 2.04. The highest BCUT2D eigenvalue weighted by Crippen LogP contribution is 2.24. The van der Waals surface area contributed by atoms with Gasteiger partial charge in [-0.1, -0.05) is 0 Å². The van der Waals surface area contributed by atoms with E-state index in [1.165, 1.54) is 17.4 Å². The number of carboxylic acids is 1. The van der Waals surface area contributed by atoms with E-state index in [4.69, 9.17) is 9.84 Å². The molecule has 1 saturated heterocycles. The van der Waals surface area contributed by atoms with E-state index in [1.54, 1.807) is 10.3 Å². The summed E-state index contributed by atoms with van der Waals surface area (Å²) in [5, 5.41) is 13.6. The standard InChI is InChI=1S/C12H16N2O4S/c1-7-5-14(6-8(2)18-7)12(17)13-10-9(11(15)16)3-4-19-10/h3-4,7-8H,5-6H2,1-2H3,(H,13,17)(H,15,16). The molecule has 1 aliphatic heterocycles. The Hall–Kier alpha value is -1.60. The number of ether oxygens (including phenoxy) is 1. The van der Waals surface area contributed by atoms with Crippen molar-refractivity contribution in [1.29, 1.82) is 0 Å². The third-order valence-corrected chi connectivity index (χ3v) is 3.65. The first-order valence-corrected chi connectivity index (χ1v) is 6.87. The van der Waals surface area contributed by atoms with Gasteiger partial charge in [0.05, 0.1) is 17.8 Å². The summed E-state index contributed by atoms with van der Waals surface area (Å²) in [5.41, 5.74) is 0.118. The van der Waals surface area contributed by atoms with Crippen LogP contribution in [0.2, 0.25) is 0 Å². The summed E-state index contributed by atoms with van der Waals surface area (Å²) in [6, 6.07) is 1.19. The van der Waals surface area contributed by atoms with Crippen molar-refractivity contribution in [2.75, 3.05) is 18.4 Å². The molecule has 104 valence electrons. The van der Waals surface area contributed by atoms with Gasteiger partial charge in [0.15, 0.2) is 0 Å². The number of urea groups is 1. The lowest BCUT2D eigenvalue weighted by atomic mass is 10.2. The second-order valence-corrected chi connectivity index (χ2v) is 5.48. The molecule has 2 amide bonds. The van der Waals surface area contributed by atoms with E-state index in [0.717, 1.165) is 0 Å². The van der Waals surface area contributed by atoms with Crippen LogP contribution in [0.15, 0.2) is 11.4 Å².